The second kappa shape index (κ2) is 8.76. The van der Waals surface area contributed by atoms with Gasteiger partial charge >= 0.3 is 0 Å². The first kappa shape index (κ1) is 21.0. The number of rotatable bonds is 5. The van der Waals surface area contributed by atoms with Gasteiger partial charge in [-0.15, -0.1) is 12.4 Å². The van der Waals surface area contributed by atoms with Crippen molar-refractivity contribution in [2.75, 3.05) is 26.3 Å². The second-order valence-corrected chi connectivity index (χ2v) is 6.74. The molecule has 0 bridgehead atoms. The van der Waals surface area contributed by atoms with Gasteiger partial charge in [0.15, 0.2) is 11.5 Å². The van der Waals surface area contributed by atoms with E-state index in [0.717, 1.165) is 13.1 Å². The van der Waals surface area contributed by atoms with Gasteiger partial charge in [-0.05, 0) is 42.9 Å². The maximum Gasteiger partial charge on any atom is 0.200 e. The molecular formula is C22H24ClNO5. The lowest BCUT2D eigenvalue weighted by molar-refractivity contribution is 0.171. The number of hydrogen-bond donors (Lipinski definition) is 1. The number of benzene rings is 2. The fourth-order valence-corrected chi connectivity index (χ4v) is 3.48. The summed E-state index contributed by atoms with van der Waals surface area (Å²) in [5, 5.41) is 10.8. The predicted octanol–water partition coefficient (Wildman–Crippen LogP) is 4.20. The molecule has 4 rings (SSSR count). The van der Waals surface area contributed by atoms with E-state index in [1.54, 1.807) is 24.3 Å². The summed E-state index contributed by atoms with van der Waals surface area (Å²) in [6.45, 7) is 7.31. The Bertz CT molecular complexity index is 1070. The first-order chi connectivity index (χ1) is 13.6. The zero-order chi connectivity index (χ0) is 19.7. The highest BCUT2D eigenvalue weighted by atomic mass is 35.5. The molecule has 154 valence electrons. The van der Waals surface area contributed by atoms with E-state index in [4.69, 9.17) is 13.9 Å². The molecule has 0 unspecified atom stereocenters. The van der Waals surface area contributed by atoms with E-state index < -0.39 is 0 Å². The first-order valence-corrected chi connectivity index (χ1v) is 9.51. The lowest BCUT2D eigenvalue weighted by atomic mass is 10.0. The molecule has 2 aromatic carbocycles. The molecule has 29 heavy (non-hydrogen) atoms. The Balaban J connectivity index is 0.00000240. The smallest absolute Gasteiger partial charge is 0.200 e. The molecular weight excluding hydrogens is 394 g/mol. The molecule has 1 aromatic heterocycles. The van der Waals surface area contributed by atoms with Crippen LogP contribution in [-0.4, -0.2) is 36.3 Å². The lowest BCUT2D eigenvalue weighted by Gasteiger charge is -2.20. The Morgan fingerprint density at radius 3 is 2.48 bits per heavy atom. The molecule has 1 aliphatic rings. The van der Waals surface area contributed by atoms with Crippen LogP contribution in [0.15, 0.2) is 45.8 Å². The van der Waals surface area contributed by atoms with E-state index in [1.165, 1.54) is 6.26 Å². The third kappa shape index (κ3) is 3.91. The Hall–Kier alpha value is -2.70. The molecule has 0 amide bonds. The molecule has 6 nitrogen and oxygen atoms in total. The van der Waals surface area contributed by atoms with E-state index in [-0.39, 0.29) is 23.6 Å². The van der Waals surface area contributed by atoms with E-state index in [9.17, 15) is 9.90 Å². The summed E-state index contributed by atoms with van der Waals surface area (Å²) in [7, 11) is 0. The van der Waals surface area contributed by atoms with Gasteiger partial charge in [0, 0.05) is 6.54 Å². The number of halogens is 1. The van der Waals surface area contributed by atoms with Crippen molar-refractivity contribution < 1.29 is 19.0 Å². The second-order valence-electron chi connectivity index (χ2n) is 6.74. The molecule has 0 atom stereocenters. The lowest BCUT2D eigenvalue weighted by Crippen LogP contribution is -2.22. The van der Waals surface area contributed by atoms with Gasteiger partial charge in [-0.3, -0.25) is 9.69 Å². The maximum atomic E-state index is 13.2. The third-order valence-corrected chi connectivity index (χ3v) is 5.15. The van der Waals surface area contributed by atoms with E-state index in [2.05, 4.69) is 18.7 Å². The molecule has 1 aliphatic heterocycles. The van der Waals surface area contributed by atoms with Crippen LogP contribution in [0.5, 0.6) is 17.2 Å². The molecule has 2 heterocycles. The van der Waals surface area contributed by atoms with E-state index in [1.807, 2.05) is 6.07 Å². The van der Waals surface area contributed by atoms with Crippen LogP contribution in [0.25, 0.3) is 22.1 Å². The SMILES string of the molecule is CCN(CC)Cc1c(O)ccc2c(=O)c(-c3ccc4c(c3)OCCO4)coc12.Cl. The van der Waals surface area contributed by atoms with Gasteiger partial charge in [0.1, 0.15) is 30.8 Å². The molecule has 0 radical (unpaired) electrons. The number of phenolic OH excluding ortho intramolecular Hbond substituents is 1. The van der Waals surface area contributed by atoms with Crippen molar-refractivity contribution in [3.05, 3.63) is 52.4 Å². The van der Waals surface area contributed by atoms with Crippen LogP contribution in [0.1, 0.15) is 19.4 Å². The average molecular weight is 418 g/mol. The summed E-state index contributed by atoms with van der Waals surface area (Å²) < 4.78 is 17.0. The quantitative estimate of drug-likeness (QED) is 0.670. The van der Waals surface area contributed by atoms with Gasteiger partial charge in [-0.2, -0.15) is 0 Å². The van der Waals surface area contributed by atoms with E-state index >= 15 is 0 Å². The Morgan fingerprint density at radius 2 is 1.76 bits per heavy atom. The van der Waals surface area contributed by atoms with Crippen molar-refractivity contribution in [2.45, 2.75) is 20.4 Å². The summed E-state index contributed by atoms with van der Waals surface area (Å²) in [5.74, 6) is 1.43. The minimum absolute atomic E-state index is 0. The van der Waals surface area contributed by atoms with Crippen LogP contribution >= 0.6 is 12.4 Å². The van der Waals surface area contributed by atoms with Crippen molar-refractivity contribution in [1.82, 2.24) is 4.90 Å². The van der Waals surface area contributed by atoms with Crippen LogP contribution in [-0.2, 0) is 6.54 Å². The molecule has 3 aromatic rings. The van der Waals surface area contributed by atoms with Crippen LogP contribution in [0.3, 0.4) is 0 Å². The number of ether oxygens (including phenoxy) is 2. The largest absolute Gasteiger partial charge is 0.507 e. The summed E-state index contributed by atoms with van der Waals surface area (Å²) in [6.07, 6.45) is 1.46. The fraction of sp³-hybridized carbons (Fsp3) is 0.318. The standard InChI is InChI=1S/C22H23NO5.ClH/c1-3-23(4-2)12-16-18(24)7-6-15-21(25)17(13-28-22(15)16)14-5-8-19-20(11-14)27-10-9-26-19;/h5-8,11,13,24H,3-4,9-10,12H2,1-2H3;1H. The highest BCUT2D eigenvalue weighted by molar-refractivity contribution is 5.86. The zero-order valence-electron chi connectivity index (χ0n) is 16.4. The van der Waals surface area contributed by atoms with Crippen molar-refractivity contribution in [3.63, 3.8) is 0 Å². The van der Waals surface area contributed by atoms with Gasteiger partial charge in [-0.1, -0.05) is 19.9 Å². The van der Waals surface area contributed by atoms with Gasteiger partial charge < -0.3 is 19.0 Å². The number of phenols is 1. The normalized spacial score (nSPS) is 12.8. The van der Waals surface area contributed by atoms with Crippen molar-refractivity contribution in [3.8, 4) is 28.4 Å². The van der Waals surface area contributed by atoms with Crippen LogP contribution in [0.4, 0.5) is 0 Å². The summed E-state index contributed by atoms with van der Waals surface area (Å²) in [6, 6.07) is 8.60. The maximum absolute atomic E-state index is 13.2. The number of fused-ring (bicyclic) bond motifs is 2. The molecule has 0 spiro atoms. The number of aromatic hydroxyl groups is 1. The Morgan fingerprint density at radius 1 is 1.03 bits per heavy atom. The molecule has 0 fully saturated rings. The van der Waals surface area contributed by atoms with E-state index in [0.29, 0.717) is 58.9 Å². The molecule has 7 heteroatoms. The summed E-state index contributed by atoms with van der Waals surface area (Å²) in [5.41, 5.74) is 2.08. The molecule has 1 N–H and O–H groups in total. The highest BCUT2D eigenvalue weighted by Gasteiger charge is 2.18. The monoisotopic (exact) mass is 417 g/mol. The van der Waals surface area contributed by atoms with Gasteiger partial charge in [-0.25, -0.2) is 0 Å². The van der Waals surface area contributed by atoms with Gasteiger partial charge in [0.2, 0.25) is 5.43 Å². The average Bonchev–Trinajstić information content (AvgIpc) is 2.73. The van der Waals surface area contributed by atoms with Crippen molar-refractivity contribution in [2.24, 2.45) is 0 Å². The highest BCUT2D eigenvalue weighted by Crippen LogP contribution is 2.35. The fourth-order valence-electron chi connectivity index (χ4n) is 3.48. The van der Waals surface area contributed by atoms with Crippen LogP contribution < -0.4 is 14.9 Å². The van der Waals surface area contributed by atoms with Crippen LogP contribution in [0, 0.1) is 0 Å². The topological polar surface area (TPSA) is 72.1 Å². The summed E-state index contributed by atoms with van der Waals surface area (Å²) in [4.78, 5) is 15.3. The third-order valence-electron chi connectivity index (χ3n) is 5.15. The molecule has 0 saturated heterocycles. The first-order valence-electron chi connectivity index (χ1n) is 9.51. The number of nitrogens with zero attached hydrogens (tertiary/aromatic N) is 1. The minimum atomic E-state index is -0.140. The predicted molar refractivity (Wildman–Crippen MR) is 114 cm³/mol. The Kier molecular flexibility index (Phi) is 6.35. The van der Waals surface area contributed by atoms with Gasteiger partial charge in [0.05, 0.1) is 16.5 Å². The van der Waals surface area contributed by atoms with Crippen molar-refractivity contribution >= 4 is 23.4 Å². The zero-order valence-corrected chi connectivity index (χ0v) is 17.3. The molecule has 0 aliphatic carbocycles. The van der Waals surface area contributed by atoms with Crippen LogP contribution in [0.2, 0.25) is 0 Å². The van der Waals surface area contributed by atoms with Crippen molar-refractivity contribution in [1.29, 1.82) is 0 Å². The van der Waals surface area contributed by atoms with Gasteiger partial charge in [0.25, 0.3) is 0 Å². The molecule has 0 saturated carbocycles. The Labute approximate surface area is 175 Å². The number of hydrogen-bond acceptors (Lipinski definition) is 6. The summed E-state index contributed by atoms with van der Waals surface area (Å²) >= 11 is 0. The minimum Gasteiger partial charge on any atom is -0.507 e.